The van der Waals surface area contributed by atoms with Crippen molar-refractivity contribution < 1.29 is 23.1 Å². The summed E-state index contributed by atoms with van der Waals surface area (Å²) in [5.41, 5.74) is 0. The van der Waals surface area contributed by atoms with Gasteiger partial charge in [0.1, 0.15) is 0 Å². The van der Waals surface area contributed by atoms with Gasteiger partial charge >= 0.3 is 5.97 Å². The van der Waals surface area contributed by atoms with Crippen LogP contribution in [0.5, 0.6) is 0 Å². The molecule has 2 atom stereocenters. The Morgan fingerprint density at radius 2 is 1.86 bits per heavy atom. The molecule has 0 spiro atoms. The van der Waals surface area contributed by atoms with Crippen LogP contribution in [0.2, 0.25) is 0 Å². The quantitative estimate of drug-likeness (QED) is 0.731. The molecule has 0 heterocycles. The van der Waals surface area contributed by atoms with Crippen LogP contribution in [0.25, 0.3) is 0 Å². The second-order valence-corrected chi connectivity index (χ2v) is 7.73. The Kier molecular flexibility index (Phi) is 6.15. The highest BCUT2D eigenvalue weighted by atomic mass is 32.2. The molecular formula is C13H24N2O5S. The van der Waals surface area contributed by atoms with Gasteiger partial charge in [-0.1, -0.05) is 13.3 Å². The molecule has 0 aliphatic heterocycles. The molecule has 1 saturated carbocycles. The summed E-state index contributed by atoms with van der Waals surface area (Å²) in [4.78, 5) is 24.4. The maximum atomic E-state index is 12.7. The van der Waals surface area contributed by atoms with Crippen LogP contribution >= 0.6 is 0 Å². The molecule has 0 radical (unpaired) electrons. The van der Waals surface area contributed by atoms with Gasteiger partial charge in [0.05, 0.1) is 17.7 Å². The van der Waals surface area contributed by atoms with E-state index in [1.54, 1.807) is 14.1 Å². The van der Waals surface area contributed by atoms with Crippen molar-refractivity contribution in [2.24, 2.45) is 5.92 Å². The minimum atomic E-state index is -3.78. The smallest absolute Gasteiger partial charge is 0.307 e. The third kappa shape index (κ3) is 4.16. The van der Waals surface area contributed by atoms with E-state index in [-0.39, 0.29) is 19.0 Å². The first kappa shape index (κ1) is 17.9. The van der Waals surface area contributed by atoms with Gasteiger partial charge in [-0.3, -0.25) is 9.59 Å². The summed E-state index contributed by atoms with van der Waals surface area (Å²) in [7, 11) is -0.652. The molecule has 122 valence electrons. The van der Waals surface area contributed by atoms with E-state index in [4.69, 9.17) is 0 Å². The summed E-state index contributed by atoms with van der Waals surface area (Å²) in [5, 5.41) is 8.25. The molecule has 1 aliphatic carbocycles. The molecule has 1 amide bonds. The molecule has 21 heavy (non-hydrogen) atoms. The van der Waals surface area contributed by atoms with Gasteiger partial charge in [0.2, 0.25) is 15.9 Å². The molecule has 1 aliphatic rings. The number of aliphatic carboxylic acids is 1. The molecule has 0 aromatic heterocycles. The summed E-state index contributed by atoms with van der Waals surface area (Å²) < 4.78 is 26.5. The van der Waals surface area contributed by atoms with E-state index in [9.17, 15) is 23.1 Å². The molecule has 8 heteroatoms. The third-order valence-corrected chi connectivity index (χ3v) is 6.16. The van der Waals surface area contributed by atoms with E-state index in [0.29, 0.717) is 25.7 Å². The van der Waals surface area contributed by atoms with E-state index in [1.165, 1.54) is 4.90 Å². The van der Waals surface area contributed by atoms with Crippen molar-refractivity contribution in [1.29, 1.82) is 0 Å². The predicted octanol–water partition coefficient (Wildman–Crippen LogP) is 0.370. The molecule has 1 fully saturated rings. The Hall–Kier alpha value is -1.15. The number of likely N-dealkylation sites (N-methyl/N-ethyl adjacent to an activating group) is 1. The van der Waals surface area contributed by atoms with Gasteiger partial charge in [-0.05, 0) is 19.3 Å². The Labute approximate surface area is 126 Å². The van der Waals surface area contributed by atoms with Crippen LogP contribution in [0.3, 0.4) is 0 Å². The maximum Gasteiger partial charge on any atom is 0.307 e. The number of hydrogen-bond donors (Lipinski definition) is 1. The van der Waals surface area contributed by atoms with Crippen molar-refractivity contribution in [3.8, 4) is 0 Å². The lowest BCUT2D eigenvalue weighted by Gasteiger charge is -2.27. The van der Waals surface area contributed by atoms with E-state index in [0.717, 1.165) is 4.31 Å². The molecule has 2 unspecified atom stereocenters. The average Bonchev–Trinajstić information content (AvgIpc) is 2.87. The largest absolute Gasteiger partial charge is 0.481 e. The lowest BCUT2D eigenvalue weighted by Crippen LogP contribution is -2.46. The van der Waals surface area contributed by atoms with Crippen molar-refractivity contribution in [3.63, 3.8) is 0 Å². The average molecular weight is 320 g/mol. The van der Waals surface area contributed by atoms with Crippen molar-refractivity contribution >= 4 is 21.9 Å². The summed E-state index contributed by atoms with van der Waals surface area (Å²) in [6, 6.07) is 0. The standard InChI is InChI=1S/C13H24N2O5S/c1-4-8-15(9-12(16)14(2)3)21(19,20)11-7-5-6-10(11)13(17)18/h10-11H,4-9H2,1-3H3,(H,17,18). The zero-order valence-electron chi connectivity index (χ0n) is 12.8. The van der Waals surface area contributed by atoms with Crippen molar-refractivity contribution in [3.05, 3.63) is 0 Å². The maximum absolute atomic E-state index is 12.7. The number of amides is 1. The highest BCUT2D eigenvalue weighted by molar-refractivity contribution is 7.89. The zero-order valence-corrected chi connectivity index (χ0v) is 13.6. The molecule has 0 aromatic carbocycles. The topological polar surface area (TPSA) is 95.0 Å². The van der Waals surface area contributed by atoms with Gasteiger partial charge in [0, 0.05) is 20.6 Å². The Morgan fingerprint density at radius 3 is 2.33 bits per heavy atom. The fraction of sp³-hybridized carbons (Fsp3) is 0.846. The fourth-order valence-corrected chi connectivity index (χ4v) is 4.84. The molecule has 7 nitrogen and oxygen atoms in total. The highest BCUT2D eigenvalue weighted by Gasteiger charge is 2.44. The van der Waals surface area contributed by atoms with Crippen molar-refractivity contribution in [2.45, 2.75) is 37.9 Å². The lowest BCUT2D eigenvalue weighted by molar-refractivity contribution is -0.141. The number of sulfonamides is 1. The van der Waals surface area contributed by atoms with Crippen LogP contribution in [0.15, 0.2) is 0 Å². The number of hydrogen-bond acceptors (Lipinski definition) is 4. The predicted molar refractivity (Wildman–Crippen MR) is 78.2 cm³/mol. The van der Waals surface area contributed by atoms with E-state index in [2.05, 4.69) is 0 Å². The minimum Gasteiger partial charge on any atom is -0.481 e. The van der Waals surface area contributed by atoms with Gasteiger partial charge in [-0.15, -0.1) is 0 Å². The van der Waals surface area contributed by atoms with Crippen LogP contribution in [0.1, 0.15) is 32.6 Å². The summed E-state index contributed by atoms with van der Waals surface area (Å²) in [6.45, 7) is 1.82. The van der Waals surface area contributed by atoms with E-state index < -0.39 is 27.2 Å². The van der Waals surface area contributed by atoms with Gasteiger partial charge in [-0.25, -0.2) is 8.42 Å². The summed E-state index contributed by atoms with van der Waals surface area (Å²) >= 11 is 0. The Balaban J connectivity index is 2.99. The van der Waals surface area contributed by atoms with Gasteiger partial charge in [-0.2, -0.15) is 4.31 Å². The highest BCUT2D eigenvalue weighted by Crippen LogP contribution is 2.33. The van der Waals surface area contributed by atoms with Gasteiger partial charge in [0.15, 0.2) is 0 Å². The SMILES string of the molecule is CCCN(CC(=O)N(C)C)S(=O)(=O)C1CCCC1C(=O)O. The number of rotatable bonds is 7. The normalized spacial score (nSPS) is 22.5. The molecule has 0 aromatic rings. The molecule has 0 saturated heterocycles. The van der Waals surface area contributed by atoms with E-state index in [1.807, 2.05) is 6.92 Å². The monoisotopic (exact) mass is 320 g/mol. The Bertz CT molecular complexity index is 489. The van der Waals surface area contributed by atoms with Gasteiger partial charge < -0.3 is 10.0 Å². The van der Waals surface area contributed by atoms with Crippen LogP contribution < -0.4 is 0 Å². The zero-order chi connectivity index (χ0) is 16.2. The second kappa shape index (κ2) is 7.22. The number of carboxylic acids is 1. The number of nitrogens with zero attached hydrogens (tertiary/aromatic N) is 2. The van der Waals surface area contributed by atoms with Crippen LogP contribution in [0.4, 0.5) is 0 Å². The number of carboxylic acid groups (broad SMARTS) is 1. The van der Waals surface area contributed by atoms with Crippen LogP contribution in [-0.4, -0.2) is 67.0 Å². The molecule has 0 bridgehead atoms. The Morgan fingerprint density at radius 1 is 1.24 bits per heavy atom. The number of carbonyl (C=O) groups is 2. The lowest BCUT2D eigenvalue weighted by atomic mass is 10.1. The second-order valence-electron chi connectivity index (χ2n) is 5.58. The molecular weight excluding hydrogens is 296 g/mol. The van der Waals surface area contributed by atoms with Crippen LogP contribution in [-0.2, 0) is 19.6 Å². The molecule has 1 rings (SSSR count). The molecule has 1 N–H and O–H groups in total. The first-order chi connectivity index (χ1) is 9.71. The summed E-state index contributed by atoms with van der Waals surface area (Å²) in [5.74, 6) is -2.25. The van der Waals surface area contributed by atoms with Crippen molar-refractivity contribution in [1.82, 2.24) is 9.21 Å². The first-order valence-electron chi connectivity index (χ1n) is 7.13. The third-order valence-electron chi connectivity index (χ3n) is 3.80. The van der Waals surface area contributed by atoms with Crippen molar-refractivity contribution in [2.75, 3.05) is 27.2 Å². The van der Waals surface area contributed by atoms with Gasteiger partial charge in [0.25, 0.3) is 0 Å². The van der Waals surface area contributed by atoms with Crippen LogP contribution in [0, 0.1) is 5.92 Å². The fourth-order valence-electron chi connectivity index (χ4n) is 2.59. The van der Waals surface area contributed by atoms with E-state index >= 15 is 0 Å². The minimum absolute atomic E-state index is 0.227. The number of carbonyl (C=O) groups excluding carboxylic acids is 1. The first-order valence-corrected chi connectivity index (χ1v) is 8.64. The summed E-state index contributed by atoms with van der Waals surface area (Å²) in [6.07, 6.45) is 1.88.